The molecule has 0 saturated heterocycles. The lowest BCUT2D eigenvalue weighted by Gasteiger charge is -2.07. The van der Waals surface area contributed by atoms with Crippen LogP contribution in [0.4, 0.5) is 0 Å². The summed E-state index contributed by atoms with van der Waals surface area (Å²) < 4.78 is 7.36. The molecule has 0 saturated carbocycles. The number of nitrogens with two attached hydrogens (primary N) is 1. The average molecular weight is 281 g/mol. The lowest BCUT2D eigenvalue weighted by molar-refractivity contribution is 0.290. The number of halogens is 1. The van der Waals surface area contributed by atoms with Gasteiger partial charge in [0.05, 0.1) is 17.3 Å². The second kappa shape index (κ2) is 7.11. The molecule has 2 aromatic rings. The molecular formula is C13H17ClN4O. The average Bonchev–Trinajstić information content (AvgIpc) is 2.86. The molecule has 0 bridgehead atoms. The van der Waals surface area contributed by atoms with Gasteiger partial charge in [-0.1, -0.05) is 28.9 Å². The van der Waals surface area contributed by atoms with Crippen molar-refractivity contribution in [2.24, 2.45) is 5.73 Å². The molecular weight excluding hydrogens is 264 g/mol. The van der Waals surface area contributed by atoms with Gasteiger partial charge in [0, 0.05) is 6.20 Å². The summed E-state index contributed by atoms with van der Waals surface area (Å²) in [6, 6.07) is 7.41. The molecule has 102 valence electrons. The molecule has 6 heteroatoms. The van der Waals surface area contributed by atoms with Gasteiger partial charge in [0.25, 0.3) is 0 Å². The minimum absolute atomic E-state index is 0.503. The van der Waals surface area contributed by atoms with E-state index in [9.17, 15) is 0 Å². The van der Waals surface area contributed by atoms with Crippen LogP contribution in [0.2, 0.25) is 5.02 Å². The zero-order valence-corrected chi connectivity index (χ0v) is 11.4. The Morgan fingerprint density at radius 3 is 2.95 bits per heavy atom. The monoisotopic (exact) mass is 280 g/mol. The van der Waals surface area contributed by atoms with Gasteiger partial charge in [0.1, 0.15) is 12.4 Å². The van der Waals surface area contributed by atoms with Crippen molar-refractivity contribution in [2.45, 2.75) is 19.4 Å². The third-order valence-corrected chi connectivity index (χ3v) is 2.95. The van der Waals surface area contributed by atoms with Crippen LogP contribution in [0.5, 0.6) is 5.75 Å². The SMILES string of the molecule is NCCCc1cn(CCOc2ccccc2Cl)nn1. The molecule has 1 aromatic carbocycles. The van der Waals surface area contributed by atoms with Gasteiger partial charge in [-0.2, -0.15) is 0 Å². The number of nitrogens with zero attached hydrogens (tertiary/aromatic N) is 3. The summed E-state index contributed by atoms with van der Waals surface area (Å²) in [5, 5.41) is 8.72. The number of rotatable bonds is 7. The van der Waals surface area contributed by atoms with Crippen LogP contribution in [-0.4, -0.2) is 28.1 Å². The second-order valence-electron chi connectivity index (χ2n) is 4.14. The van der Waals surface area contributed by atoms with Crippen molar-refractivity contribution in [3.8, 4) is 5.75 Å². The zero-order valence-electron chi connectivity index (χ0n) is 10.6. The Labute approximate surface area is 117 Å². The standard InChI is InChI=1S/C13H17ClN4O/c14-12-5-1-2-6-13(12)19-9-8-18-10-11(16-17-18)4-3-7-15/h1-2,5-6,10H,3-4,7-9,15H2. The third-order valence-electron chi connectivity index (χ3n) is 2.64. The van der Waals surface area contributed by atoms with E-state index in [0.717, 1.165) is 18.5 Å². The third kappa shape index (κ3) is 4.22. The highest BCUT2D eigenvalue weighted by Gasteiger charge is 2.02. The minimum atomic E-state index is 0.503. The molecule has 0 unspecified atom stereocenters. The first-order valence-electron chi connectivity index (χ1n) is 6.26. The largest absolute Gasteiger partial charge is 0.490 e. The zero-order chi connectivity index (χ0) is 13.5. The first kappa shape index (κ1) is 13.8. The summed E-state index contributed by atoms with van der Waals surface area (Å²) in [5.41, 5.74) is 6.42. The van der Waals surface area contributed by atoms with E-state index in [-0.39, 0.29) is 0 Å². The van der Waals surface area contributed by atoms with Crippen LogP contribution in [0, 0.1) is 0 Å². The summed E-state index contributed by atoms with van der Waals surface area (Å²) in [5.74, 6) is 0.688. The molecule has 0 amide bonds. The smallest absolute Gasteiger partial charge is 0.137 e. The first-order chi connectivity index (χ1) is 9.29. The molecule has 0 spiro atoms. The van der Waals surface area contributed by atoms with Crippen LogP contribution in [0.15, 0.2) is 30.5 Å². The highest BCUT2D eigenvalue weighted by Crippen LogP contribution is 2.22. The Bertz CT molecular complexity index is 515. The van der Waals surface area contributed by atoms with Gasteiger partial charge >= 0.3 is 0 Å². The van der Waals surface area contributed by atoms with Crippen LogP contribution in [0.1, 0.15) is 12.1 Å². The van der Waals surface area contributed by atoms with E-state index in [1.54, 1.807) is 10.7 Å². The van der Waals surface area contributed by atoms with Crippen LogP contribution < -0.4 is 10.5 Å². The maximum absolute atomic E-state index is 6.00. The van der Waals surface area contributed by atoms with Crippen molar-refractivity contribution in [3.63, 3.8) is 0 Å². The van der Waals surface area contributed by atoms with Crippen LogP contribution >= 0.6 is 11.6 Å². The topological polar surface area (TPSA) is 66.0 Å². The number of benzene rings is 1. The number of hydrogen-bond donors (Lipinski definition) is 1. The highest BCUT2D eigenvalue weighted by molar-refractivity contribution is 6.32. The summed E-state index contributed by atoms with van der Waals surface area (Å²) >= 11 is 6.00. The van der Waals surface area contributed by atoms with Crippen LogP contribution in [0.3, 0.4) is 0 Å². The minimum Gasteiger partial charge on any atom is -0.490 e. The molecule has 0 aliphatic rings. The van der Waals surface area contributed by atoms with E-state index in [2.05, 4.69) is 10.3 Å². The van der Waals surface area contributed by atoms with Gasteiger partial charge in [-0.3, -0.25) is 0 Å². The lowest BCUT2D eigenvalue weighted by Crippen LogP contribution is -2.08. The van der Waals surface area contributed by atoms with Crippen molar-refractivity contribution in [1.29, 1.82) is 0 Å². The van der Waals surface area contributed by atoms with Gasteiger partial charge < -0.3 is 10.5 Å². The fourth-order valence-electron chi connectivity index (χ4n) is 1.66. The molecule has 0 fully saturated rings. The molecule has 0 atom stereocenters. The number of ether oxygens (including phenoxy) is 1. The number of hydrogen-bond acceptors (Lipinski definition) is 4. The normalized spacial score (nSPS) is 10.6. The van der Waals surface area contributed by atoms with Crippen molar-refractivity contribution < 1.29 is 4.74 Å². The van der Waals surface area contributed by atoms with E-state index in [0.29, 0.717) is 30.5 Å². The Morgan fingerprint density at radius 1 is 1.32 bits per heavy atom. The molecule has 2 rings (SSSR count). The van der Waals surface area contributed by atoms with Gasteiger partial charge in [-0.15, -0.1) is 5.10 Å². The second-order valence-corrected chi connectivity index (χ2v) is 4.55. The molecule has 1 heterocycles. The number of para-hydroxylation sites is 1. The molecule has 0 aliphatic carbocycles. The predicted molar refractivity (Wildman–Crippen MR) is 74.3 cm³/mol. The van der Waals surface area contributed by atoms with E-state index >= 15 is 0 Å². The quantitative estimate of drug-likeness (QED) is 0.841. The fraction of sp³-hybridized carbons (Fsp3) is 0.385. The van der Waals surface area contributed by atoms with Gasteiger partial charge in [0.15, 0.2) is 0 Å². The molecule has 1 aromatic heterocycles. The molecule has 5 nitrogen and oxygen atoms in total. The van der Waals surface area contributed by atoms with Gasteiger partial charge in [0.2, 0.25) is 0 Å². The molecule has 0 aliphatic heterocycles. The summed E-state index contributed by atoms with van der Waals surface area (Å²) in [7, 11) is 0. The highest BCUT2D eigenvalue weighted by atomic mass is 35.5. The lowest BCUT2D eigenvalue weighted by atomic mass is 10.2. The predicted octanol–water partition coefficient (Wildman–Crippen LogP) is 1.90. The van der Waals surface area contributed by atoms with Crippen molar-refractivity contribution in [2.75, 3.05) is 13.2 Å². The van der Waals surface area contributed by atoms with Crippen molar-refractivity contribution in [3.05, 3.63) is 41.2 Å². The molecule has 2 N–H and O–H groups in total. The van der Waals surface area contributed by atoms with Crippen LogP contribution in [0.25, 0.3) is 0 Å². The van der Waals surface area contributed by atoms with E-state index in [1.807, 2.05) is 24.4 Å². The maximum atomic E-state index is 6.00. The number of aryl methyl sites for hydroxylation is 1. The summed E-state index contributed by atoms with van der Waals surface area (Å²) in [6.07, 6.45) is 3.71. The Morgan fingerprint density at radius 2 is 2.16 bits per heavy atom. The van der Waals surface area contributed by atoms with Crippen LogP contribution in [-0.2, 0) is 13.0 Å². The Balaban J connectivity index is 1.79. The van der Waals surface area contributed by atoms with Gasteiger partial charge in [-0.05, 0) is 31.5 Å². The van der Waals surface area contributed by atoms with Crippen molar-refractivity contribution >= 4 is 11.6 Å². The molecule has 19 heavy (non-hydrogen) atoms. The van der Waals surface area contributed by atoms with Gasteiger partial charge in [-0.25, -0.2) is 4.68 Å². The summed E-state index contributed by atoms with van der Waals surface area (Å²) in [4.78, 5) is 0. The van der Waals surface area contributed by atoms with E-state index in [4.69, 9.17) is 22.1 Å². The van der Waals surface area contributed by atoms with Crippen molar-refractivity contribution in [1.82, 2.24) is 15.0 Å². The maximum Gasteiger partial charge on any atom is 0.137 e. The van der Waals surface area contributed by atoms with E-state index in [1.165, 1.54) is 0 Å². The fourth-order valence-corrected chi connectivity index (χ4v) is 1.85. The Kier molecular flexibility index (Phi) is 5.18. The number of aromatic nitrogens is 3. The molecule has 0 radical (unpaired) electrons. The van der Waals surface area contributed by atoms with E-state index < -0.39 is 0 Å². The summed E-state index contributed by atoms with van der Waals surface area (Å²) in [6.45, 7) is 1.81. The first-order valence-corrected chi connectivity index (χ1v) is 6.64. The Hall–Kier alpha value is -1.59.